The number of amides is 1. The molecule has 1 aromatic heterocycles. The summed E-state index contributed by atoms with van der Waals surface area (Å²) in [4.78, 5) is 23.8. The van der Waals surface area contributed by atoms with E-state index in [2.05, 4.69) is 21.3 Å². The zero-order valence-corrected chi connectivity index (χ0v) is 15.6. The van der Waals surface area contributed by atoms with Gasteiger partial charge >= 0.3 is 0 Å². The molecule has 0 atom stereocenters. The van der Waals surface area contributed by atoms with Gasteiger partial charge in [0.1, 0.15) is 23.2 Å². The Morgan fingerprint density at radius 3 is 2.59 bits per heavy atom. The van der Waals surface area contributed by atoms with Crippen molar-refractivity contribution in [2.75, 3.05) is 24.5 Å². The number of nitrogens with one attached hydrogen (secondary N) is 1. The highest BCUT2D eigenvalue weighted by Gasteiger charge is 2.27. The Labute approximate surface area is 158 Å². The van der Waals surface area contributed by atoms with Gasteiger partial charge in [-0.05, 0) is 36.1 Å². The van der Waals surface area contributed by atoms with Gasteiger partial charge in [-0.25, -0.2) is 14.4 Å². The number of hydrogen-bond donors (Lipinski definition) is 1. The molecule has 0 bridgehead atoms. The first-order chi connectivity index (χ1) is 13.0. The van der Waals surface area contributed by atoms with Crippen LogP contribution in [0.1, 0.15) is 53.6 Å². The first-order valence-corrected chi connectivity index (χ1v) is 9.42. The molecule has 0 spiro atoms. The van der Waals surface area contributed by atoms with Gasteiger partial charge in [-0.2, -0.15) is 0 Å². The first-order valence-electron chi connectivity index (χ1n) is 9.42. The molecule has 2 aliphatic heterocycles. The molecule has 2 aliphatic rings. The molecule has 27 heavy (non-hydrogen) atoms. The maximum atomic E-state index is 13.2. The van der Waals surface area contributed by atoms with Crippen LogP contribution in [-0.2, 0) is 6.42 Å². The number of hydrogen-bond acceptors (Lipinski definition) is 4. The SMILES string of the molecule is CC(C)c1nc2c(c(N3CC=C(c4ccc(F)cc4)CC3)n1)CCNC2=O. The van der Waals surface area contributed by atoms with Crippen LogP contribution < -0.4 is 10.2 Å². The van der Waals surface area contributed by atoms with Crippen LogP contribution in [0.2, 0.25) is 0 Å². The van der Waals surface area contributed by atoms with Gasteiger partial charge in [0.15, 0.2) is 0 Å². The molecule has 140 valence electrons. The number of aromatic nitrogens is 2. The van der Waals surface area contributed by atoms with Crippen LogP contribution in [0.15, 0.2) is 30.3 Å². The summed E-state index contributed by atoms with van der Waals surface area (Å²) in [5.74, 6) is 1.41. The summed E-state index contributed by atoms with van der Waals surface area (Å²) in [6.07, 6.45) is 3.77. The van der Waals surface area contributed by atoms with Crippen molar-refractivity contribution in [2.24, 2.45) is 0 Å². The van der Waals surface area contributed by atoms with Crippen molar-refractivity contribution in [3.05, 3.63) is 58.8 Å². The second kappa shape index (κ2) is 7.10. The van der Waals surface area contributed by atoms with Crippen molar-refractivity contribution in [1.82, 2.24) is 15.3 Å². The minimum absolute atomic E-state index is 0.110. The third kappa shape index (κ3) is 3.44. The third-order valence-electron chi connectivity index (χ3n) is 5.12. The van der Waals surface area contributed by atoms with E-state index in [9.17, 15) is 9.18 Å². The second-order valence-corrected chi connectivity index (χ2v) is 7.33. The van der Waals surface area contributed by atoms with Gasteiger partial charge < -0.3 is 10.2 Å². The van der Waals surface area contributed by atoms with E-state index in [1.807, 2.05) is 26.0 Å². The zero-order chi connectivity index (χ0) is 19.0. The molecule has 0 radical (unpaired) electrons. The summed E-state index contributed by atoms with van der Waals surface area (Å²) in [6.45, 7) is 6.22. The molecule has 0 saturated heterocycles. The lowest BCUT2D eigenvalue weighted by atomic mass is 9.98. The van der Waals surface area contributed by atoms with Crippen LogP contribution in [0.3, 0.4) is 0 Å². The Bertz CT molecular complexity index is 905. The maximum absolute atomic E-state index is 13.2. The molecule has 1 amide bonds. The summed E-state index contributed by atoms with van der Waals surface area (Å²) in [5, 5.41) is 2.88. The minimum atomic E-state index is -0.219. The number of fused-ring (bicyclic) bond motifs is 1. The van der Waals surface area contributed by atoms with Crippen molar-refractivity contribution in [1.29, 1.82) is 0 Å². The number of carbonyl (C=O) groups excluding carboxylic acids is 1. The topological polar surface area (TPSA) is 58.1 Å². The van der Waals surface area contributed by atoms with E-state index >= 15 is 0 Å². The number of rotatable bonds is 3. The first kappa shape index (κ1) is 17.6. The van der Waals surface area contributed by atoms with Crippen LogP contribution >= 0.6 is 0 Å². The van der Waals surface area contributed by atoms with Crippen molar-refractivity contribution in [3.8, 4) is 0 Å². The summed E-state index contributed by atoms with van der Waals surface area (Å²) in [6, 6.07) is 6.64. The van der Waals surface area contributed by atoms with E-state index in [0.29, 0.717) is 18.1 Å². The monoisotopic (exact) mass is 366 g/mol. The van der Waals surface area contributed by atoms with Crippen LogP contribution in [0.4, 0.5) is 10.2 Å². The summed E-state index contributed by atoms with van der Waals surface area (Å²) < 4.78 is 13.2. The lowest BCUT2D eigenvalue weighted by Gasteiger charge is -2.31. The van der Waals surface area contributed by atoms with E-state index < -0.39 is 0 Å². The second-order valence-electron chi connectivity index (χ2n) is 7.33. The van der Waals surface area contributed by atoms with Crippen LogP contribution in [-0.4, -0.2) is 35.5 Å². The van der Waals surface area contributed by atoms with Gasteiger partial charge in [0.25, 0.3) is 5.91 Å². The molecule has 0 fully saturated rings. The van der Waals surface area contributed by atoms with Crippen LogP contribution in [0.5, 0.6) is 0 Å². The van der Waals surface area contributed by atoms with Crippen molar-refractivity contribution in [2.45, 2.75) is 32.6 Å². The van der Waals surface area contributed by atoms with Crippen molar-refractivity contribution in [3.63, 3.8) is 0 Å². The number of anilines is 1. The Kier molecular flexibility index (Phi) is 4.64. The van der Waals surface area contributed by atoms with Crippen LogP contribution in [0, 0.1) is 5.82 Å². The quantitative estimate of drug-likeness (QED) is 0.905. The van der Waals surface area contributed by atoms with Crippen LogP contribution in [0.25, 0.3) is 5.57 Å². The predicted molar refractivity (Wildman–Crippen MR) is 103 cm³/mol. The Morgan fingerprint density at radius 1 is 1.15 bits per heavy atom. The van der Waals surface area contributed by atoms with E-state index in [1.165, 1.54) is 17.7 Å². The van der Waals surface area contributed by atoms with E-state index in [0.717, 1.165) is 42.9 Å². The highest BCUT2D eigenvalue weighted by atomic mass is 19.1. The van der Waals surface area contributed by atoms with Gasteiger partial charge in [-0.15, -0.1) is 0 Å². The lowest BCUT2D eigenvalue weighted by molar-refractivity contribution is 0.0940. The predicted octanol–water partition coefficient (Wildman–Crippen LogP) is 3.32. The molecule has 0 aliphatic carbocycles. The smallest absolute Gasteiger partial charge is 0.270 e. The maximum Gasteiger partial charge on any atom is 0.270 e. The zero-order valence-electron chi connectivity index (χ0n) is 15.6. The molecule has 1 aromatic carbocycles. The molecule has 0 saturated carbocycles. The molecule has 1 N–H and O–H groups in total. The standard InChI is InChI=1S/C21H23FN4O/c1-13(2)19-24-18-17(7-10-23-21(18)27)20(25-19)26-11-8-15(9-12-26)14-3-5-16(22)6-4-14/h3-6,8,13H,7,9-12H2,1-2H3,(H,23,27). The fourth-order valence-corrected chi connectivity index (χ4v) is 3.60. The van der Waals surface area contributed by atoms with Gasteiger partial charge in [0.2, 0.25) is 0 Å². The highest BCUT2D eigenvalue weighted by molar-refractivity contribution is 5.96. The average Bonchev–Trinajstić information content (AvgIpc) is 2.68. The molecule has 3 heterocycles. The van der Waals surface area contributed by atoms with Gasteiger partial charge in [0, 0.05) is 31.1 Å². The van der Waals surface area contributed by atoms with Gasteiger partial charge in [0.05, 0.1) is 0 Å². The Balaban J connectivity index is 1.66. The number of halogens is 1. The van der Waals surface area contributed by atoms with E-state index in [-0.39, 0.29) is 17.6 Å². The fraction of sp³-hybridized carbons (Fsp3) is 0.381. The van der Waals surface area contributed by atoms with Crippen molar-refractivity contribution >= 4 is 17.3 Å². The number of carbonyl (C=O) groups is 1. The highest BCUT2D eigenvalue weighted by Crippen LogP contribution is 2.30. The van der Waals surface area contributed by atoms with Crippen molar-refractivity contribution < 1.29 is 9.18 Å². The third-order valence-corrected chi connectivity index (χ3v) is 5.12. The molecule has 0 unspecified atom stereocenters. The van der Waals surface area contributed by atoms with E-state index in [1.54, 1.807) is 0 Å². The Hall–Kier alpha value is -2.76. The number of nitrogens with zero attached hydrogens (tertiary/aromatic N) is 3. The molecular weight excluding hydrogens is 343 g/mol. The molecule has 2 aromatic rings. The molecule has 4 rings (SSSR count). The minimum Gasteiger partial charge on any atom is -0.352 e. The molecule has 5 nitrogen and oxygen atoms in total. The van der Waals surface area contributed by atoms with Gasteiger partial charge in [-0.3, -0.25) is 4.79 Å². The van der Waals surface area contributed by atoms with Gasteiger partial charge in [-0.1, -0.05) is 32.1 Å². The number of benzene rings is 1. The summed E-state index contributed by atoms with van der Waals surface area (Å²) in [7, 11) is 0. The summed E-state index contributed by atoms with van der Waals surface area (Å²) >= 11 is 0. The molecular formula is C21H23FN4O. The lowest BCUT2D eigenvalue weighted by Crippen LogP contribution is -2.37. The van der Waals surface area contributed by atoms with E-state index in [4.69, 9.17) is 4.98 Å². The largest absolute Gasteiger partial charge is 0.352 e. The Morgan fingerprint density at radius 2 is 1.93 bits per heavy atom. The summed E-state index contributed by atoms with van der Waals surface area (Å²) in [5.41, 5.74) is 3.74. The average molecular weight is 366 g/mol. The molecule has 6 heteroatoms. The fourth-order valence-electron chi connectivity index (χ4n) is 3.60. The normalized spacial score (nSPS) is 16.8.